The van der Waals surface area contributed by atoms with E-state index in [0.29, 0.717) is 0 Å². The van der Waals surface area contributed by atoms with Crippen LogP contribution < -0.4 is 5.43 Å². The zero-order valence-electron chi connectivity index (χ0n) is 7.45. The van der Waals surface area contributed by atoms with Crippen LogP contribution in [0.5, 0.6) is 0 Å². The summed E-state index contributed by atoms with van der Waals surface area (Å²) in [7, 11) is 0. The van der Waals surface area contributed by atoms with Crippen molar-refractivity contribution in [1.82, 2.24) is 4.98 Å². The lowest BCUT2D eigenvalue weighted by molar-refractivity contribution is 0.0691. The molecule has 15 heavy (non-hydrogen) atoms. The monoisotopic (exact) mass is 207 g/mol. The number of fused-ring (bicyclic) bond motifs is 1. The minimum atomic E-state index is -1.25. The molecule has 0 unspecified atom stereocenters. The van der Waals surface area contributed by atoms with E-state index in [-0.39, 0.29) is 16.6 Å². The van der Waals surface area contributed by atoms with Gasteiger partial charge in [0.1, 0.15) is 11.5 Å². The topological polar surface area (TPSA) is 70.2 Å². The summed E-state index contributed by atoms with van der Waals surface area (Å²) in [5.74, 6) is -1.78. The first-order valence-corrected chi connectivity index (χ1v) is 4.14. The number of carboxylic acid groups (broad SMARTS) is 1. The average molecular weight is 207 g/mol. The summed E-state index contributed by atoms with van der Waals surface area (Å²) in [6.45, 7) is 0. The Balaban J connectivity index is 2.85. The van der Waals surface area contributed by atoms with Gasteiger partial charge in [-0.2, -0.15) is 0 Å². The SMILES string of the molecule is O=C(O)c1cc(=O)c2ccc(F)cc2[nH]1. The standard InChI is InChI=1S/C10H6FNO3/c11-5-1-2-6-7(3-5)12-8(10(14)15)4-9(6)13/h1-4H,(H,12,13)(H,14,15). The van der Waals surface area contributed by atoms with Gasteiger partial charge in [-0.05, 0) is 18.2 Å². The van der Waals surface area contributed by atoms with E-state index in [0.717, 1.165) is 18.2 Å². The third-order valence-corrected chi connectivity index (χ3v) is 2.02. The number of benzene rings is 1. The molecule has 0 radical (unpaired) electrons. The molecule has 1 heterocycles. The van der Waals surface area contributed by atoms with Gasteiger partial charge < -0.3 is 10.1 Å². The summed E-state index contributed by atoms with van der Waals surface area (Å²) >= 11 is 0. The Kier molecular flexibility index (Phi) is 2.00. The molecule has 2 N–H and O–H groups in total. The maximum absolute atomic E-state index is 12.8. The van der Waals surface area contributed by atoms with E-state index >= 15 is 0 Å². The molecule has 4 nitrogen and oxygen atoms in total. The van der Waals surface area contributed by atoms with E-state index < -0.39 is 17.2 Å². The van der Waals surface area contributed by atoms with Crippen LogP contribution in [0.3, 0.4) is 0 Å². The van der Waals surface area contributed by atoms with Gasteiger partial charge in [-0.15, -0.1) is 0 Å². The predicted octanol–water partition coefficient (Wildman–Crippen LogP) is 1.37. The number of H-pyrrole nitrogens is 1. The molecule has 0 fully saturated rings. The molecule has 0 amide bonds. The lowest BCUT2D eigenvalue weighted by atomic mass is 10.2. The zero-order chi connectivity index (χ0) is 11.0. The van der Waals surface area contributed by atoms with Gasteiger partial charge >= 0.3 is 5.97 Å². The Bertz CT molecular complexity index is 603. The number of pyridine rings is 1. The molecule has 0 spiro atoms. The summed E-state index contributed by atoms with van der Waals surface area (Å²) in [5.41, 5.74) is -0.515. The minimum absolute atomic E-state index is 0.180. The third kappa shape index (κ3) is 1.59. The van der Waals surface area contributed by atoms with Crippen LogP contribution in [0.2, 0.25) is 0 Å². The molecule has 2 rings (SSSR count). The first-order chi connectivity index (χ1) is 7.08. The van der Waals surface area contributed by atoms with Crippen molar-refractivity contribution in [1.29, 1.82) is 0 Å². The van der Waals surface area contributed by atoms with Crippen LogP contribution in [0, 0.1) is 5.82 Å². The number of rotatable bonds is 1. The number of carboxylic acids is 1. The van der Waals surface area contributed by atoms with Crippen LogP contribution >= 0.6 is 0 Å². The Morgan fingerprint density at radius 2 is 2.07 bits per heavy atom. The highest BCUT2D eigenvalue weighted by Gasteiger charge is 2.07. The van der Waals surface area contributed by atoms with Crippen molar-refractivity contribution in [2.75, 3.05) is 0 Å². The fourth-order valence-corrected chi connectivity index (χ4v) is 1.34. The number of halogens is 1. The first kappa shape index (κ1) is 9.39. The zero-order valence-corrected chi connectivity index (χ0v) is 7.45. The molecule has 0 bridgehead atoms. The molecule has 5 heteroatoms. The smallest absolute Gasteiger partial charge is 0.352 e. The summed E-state index contributed by atoms with van der Waals surface area (Å²) in [6, 6.07) is 4.53. The maximum Gasteiger partial charge on any atom is 0.352 e. The number of carbonyl (C=O) groups is 1. The van der Waals surface area contributed by atoms with Crippen LogP contribution in [0.15, 0.2) is 29.1 Å². The van der Waals surface area contributed by atoms with E-state index in [1.165, 1.54) is 6.07 Å². The summed E-state index contributed by atoms with van der Waals surface area (Å²) < 4.78 is 12.8. The lowest BCUT2D eigenvalue weighted by Gasteiger charge is -1.99. The van der Waals surface area contributed by atoms with E-state index in [9.17, 15) is 14.0 Å². The molecule has 2 aromatic rings. The van der Waals surface area contributed by atoms with Gasteiger partial charge in [0.2, 0.25) is 0 Å². The average Bonchev–Trinajstić information content (AvgIpc) is 2.16. The van der Waals surface area contributed by atoms with Crippen molar-refractivity contribution in [2.45, 2.75) is 0 Å². The fraction of sp³-hybridized carbons (Fsp3) is 0. The van der Waals surface area contributed by atoms with Crippen molar-refractivity contribution in [3.8, 4) is 0 Å². The highest BCUT2D eigenvalue weighted by atomic mass is 19.1. The lowest BCUT2D eigenvalue weighted by Crippen LogP contribution is -2.09. The van der Waals surface area contributed by atoms with E-state index in [1.807, 2.05) is 0 Å². The second kappa shape index (κ2) is 3.20. The van der Waals surface area contributed by atoms with E-state index in [2.05, 4.69) is 4.98 Å². The molecule has 0 saturated heterocycles. The van der Waals surface area contributed by atoms with Gasteiger partial charge in [0.05, 0.1) is 5.52 Å². The van der Waals surface area contributed by atoms with Crippen LogP contribution in [0.4, 0.5) is 4.39 Å². The number of nitrogens with one attached hydrogen (secondary N) is 1. The van der Waals surface area contributed by atoms with Gasteiger partial charge in [0.15, 0.2) is 5.43 Å². The Morgan fingerprint density at radius 1 is 1.33 bits per heavy atom. The van der Waals surface area contributed by atoms with Crippen molar-refractivity contribution in [3.63, 3.8) is 0 Å². The third-order valence-electron chi connectivity index (χ3n) is 2.02. The largest absolute Gasteiger partial charge is 0.477 e. The molecule has 76 valence electrons. The molecular formula is C10H6FNO3. The summed E-state index contributed by atoms with van der Waals surface area (Å²) in [5, 5.41) is 8.94. The highest BCUT2D eigenvalue weighted by molar-refractivity contribution is 5.89. The molecule has 0 aliphatic rings. The quantitative estimate of drug-likeness (QED) is 0.741. The normalized spacial score (nSPS) is 10.5. The first-order valence-electron chi connectivity index (χ1n) is 4.14. The second-order valence-corrected chi connectivity index (χ2v) is 3.04. The number of aromatic carboxylic acids is 1. The van der Waals surface area contributed by atoms with Crippen molar-refractivity contribution in [3.05, 3.63) is 46.0 Å². The molecular weight excluding hydrogens is 201 g/mol. The van der Waals surface area contributed by atoms with Crippen LogP contribution in [-0.4, -0.2) is 16.1 Å². The molecule has 0 saturated carbocycles. The number of aromatic nitrogens is 1. The Morgan fingerprint density at radius 3 is 2.73 bits per heavy atom. The molecule has 1 aromatic heterocycles. The van der Waals surface area contributed by atoms with E-state index in [1.54, 1.807) is 0 Å². The molecule has 0 aliphatic heterocycles. The van der Waals surface area contributed by atoms with Crippen molar-refractivity contribution in [2.24, 2.45) is 0 Å². The second-order valence-electron chi connectivity index (χ2n) is 3.04. The van der Waals surface area contributed by atoms with Gasteiger partial charge in [0, 0.05) is 11.5 Å². The minimum Gasteiger partial charge on any atom is -0.477 e. The number of hydrogen-bond acceptors (Lipinski definition) is 2. The van der Waals surface area contributed by atoms with Crippen molar-refractivity contribution >= 4 is 16.9 Å². The van der Waals surface area contributed by atoms with Gasteiger partial charge in [0.25, 0.3) is 0 Å². The van der Waals surface area contributed by atoms with Crippen LogP contribution in [0.1, 0.15) is 10.5 Å². The van der Waals surface area contributed by atoms with Crippen molar-refractivity contribution < 1.29 is 14.3 Å². The summed E-state index contributed by atoms with van der Waals surface area (Å²) in [6.07, 6.45) is 0. The summed E-state index contributed by atoms with van der Waals surface area (Å²) in [4.78, 5) is 24.5. The van der Waals surface area contributed by atoms with Gasteiger partial charge in [-0.1, -0.05) is 0 Å². The fourth-order valence-electron chi connectivity index (χ4n) is 1.34. The van der Waals surface area contributed by atoms with Crippen LogP contribution in [-0.2, 0) is 0 Å². The van der Waals surface area contributed by atoms with Crippen LogP contribution in [0.25, 0.3) is 10.9 Å². The molecule has 0 aliphatic carbocycles. The highest BCUT2D eigenvalue weighted by Crippen LogP contribution is 2.10. The number of aromatic amines is 1. The molecule has 0 atom stereocenters. The predicted molar refractivity (Wildman–Crippen MR) is 51.5 cm³/mol. The van der Waals surface area contributed by atoms with Gasteiger partial charge in [-0.3, -0.25) is 4.79 Å². The maximum atomic E-state index is 12.8. The number of hydrogen-bond donors (Lipinski definition) is 2. The molecule has 1 aromatic carbocycles. The van der Waals surface area contributed by atoms with Gasteiger partial charge in [-0.25, -0.2) is 9.18 Å². The Hall–Kier alpha value is -2.17. The Labute approximate surface area is 83.0 Å². The van der Waals surface area contributed by atoms with E-state index in [4.69, 9.17) is 5.11 Å².